The van der Waals surface area contributed by atoms with E-state index < -0.39 is 5.97 Å². The van der Waals surface area contributed by atoms with Gasteiger partial charge in [-0.25, -0.2) is 4.98 Å². The van der Waals surface area contributed by atoms with Crippen LogP contribution in [0, 0.1) is 5.92 Å². The van der Waals surface area contributed by atoms with Gasteiger partial charge < -0.3 is 9.67 Å². The van der Waals surface area contributed by atoms with E-state index in [4.69, 9.17) is 5.11 Å². The molecular weight excluding hydrogens is 192 g/mol. The quantitative estimate of drug-likeness (QED) is 0.702. The molecule has 0 radical (unpaired) electrons. The van der Waals surface area contributed by atoms with Crippen molar-refractivity contribution in [2.24, 2.45) is 5.92 Å². The summed E-state index contributed by atoms with van der Waals surface area (Å²) in [7, 11) is 0. The van der Waals surface area contributed by atoms with Gasteiger partial charge >= 0.3 is 5.97 Å². The lowest BCUT2D eigenvalue weighted by atomic mass is 10.0. The van der Waals surface area contributed by atoms with Crippen LogP contribution in [0.15, 0.2) is 18.7 Å². The first-order valence-electron chi connectivity index (χ1n) is 5.36. The van der Waals surface area contributed by atoms with Crippen LogP contribution >= 0.6 is 0 Å². The molecule has 4 nitrogen and oxygen atoms in total. The average Bonchev–Trinajstić information content (AvgIpc) is 2.64. The minimum absolute atomic E-state index is 0.289. The van der Waals surface area contributed by atoms with Crippen LogP contribution in [0.2, 0.25) is 0 Å². The monoisotopic (exact) mass is 210 g/mol. The number of aromatic nitrogens is 2. The molecular formula is C11H18N2O2. The van der Waals surface area contributed by atoms with Gasteiger partial charge in [0, 0.05) is 25.4 Å². The summed E-state index contributed by atoms with van der Waals surface area (Å²) in [6, 6.07) is 0. The van der Waals surface area contributed by atoms with Crippen molar-refractivity contribution in [1.82, 2.24) is 9.55 Å². The molecule has 0 fully saturated rings. The van der Waals surface area contributed by atoms with Crippen LogP contribution in [0.25, 0.3) is 0 Å². The molecule has 0 spiro atoms. The smallest absolute Gasteiger partial charge is 0.303 e. The summed E-state index contributed by atoms with van der Waals surface area (Å²) in [5.74, 6) is -0.120. The minimum atomic E-state index is -0.697. The predicted molar refractivity (Wildman–Crippen MR) is 57.5 cm³/mol. The number of carboxylic acids is 1. The molecule has 0 amide bonds. The number of hydrogen-bond donors (Lipinski definition) is 1. The summed E-state index contributed by atoms with van der Waals surface area (Å²) in [6.07, 6.45) is 8.67. The topological polar surface area (TPSA) is 55.1 Å². The first-order valence-corrected chi connectivity index (χ1v) is 5.36. The molecule has 0 saturated heterocycles. The Bertz CT molecular complexity index is 283. The van der Waals surface area contributed by atoms with Crippen molar-refractivity contribution in [2.75, 3.05) is 0 Å². The average molecular weight is 210 g/mol. The van der Waals surface area contributed by atoms with Crippen LogP contribution in [0.3, 0.4) is 0 Å². The SMILES string of the molecule is C[C@H](CCCCC(=O)O)Cn1ccnc1. The van der Waals surface area contributed by atoms with Gasteiger partial charge in [0.25, 0.3) is 0 Å². The third-order valence-electron chi connectivity index (χ3n) is 2.42. The van der Waals surface area contributed by atoms with Gasteiger partial charge in [-0.2, -0.15) is 0 Å². The number of aliphatic carboxylic acids is 1. The number of unbranched alkanes of at least 4 members (excludes halogenated alkanes) is 1. The van der Waals surface area contributed by atoms with Crippen molar-refractivity contribution in [3.63, 3.8) is 0 Å². The van der Waals surface area contributed by atoms with Gasteiger partial charge in [0.2, 0.25) is 0 Å². The molecule has 0 aliphatic carbocycles. The number of carbonyl (C=O) groups is 1. The summed E-state index contributed by atoms with van der Waals surface area (Å²) >= 11 is 0. The third-order valence-corrected chi connectivity index (χ3v) is 2.42. The molecule has 15 heavy (non-hydrogen) atoms. The summed E-state index contributed by atoms with van der Waals surface area (Å²) in [5.41, 5.74) is 0. The number of rotatable bonds is 7. The van der Waals surface area contributed by atoms with Crippen molar-refractivity contribution in [2.45, 2.75) is 39.2 Å². The Balaban J connectivity index is 2.08. The molecule has 1 atom stereocenters. The van der Waals surface area contributed by atoms with Gasteiger partial charge in [-0.15, -0.1) is 0 Å². The molecule has 0 unspecified atom stereocenters. The summed E-state index contributed by atoms with van der Waals surface area (Å²) in [5, 5.41) is 8.47. The van der Waals surface area contributed by atoms with E-state index in [2.05, 4.69) is 16.5 Å². The third kappa shape index (κ3) is 5.20. The highest BCUT2D eigenvalue weighted by Crippen LogP contribution is 2.11. The molecule has 0 aromatic carbocycles. The zero-order valence-corrected chi connectivity index (χ0v) is 9.09. The highest BCUT2D eigenvalue weighted by Gasteiger charge is 2.03. The summed E-state index contributed by atoms with van der Waals surface area (Å²) in [6.45, 7) is 3.15. The Morgan fingerprint density at radius 3 is 2.93 bits per heavy atom. The van der Waals surface area contributed by atoms with Crippen molar-refractivity contribution >= 4 is 5.97 Å². The fraction of sp³-hybridized carbons (Fsp3) is 0.636. The van der Waals surface area contributed by atoms with Crippen LogP contribution in [0.5, 0.6) is 0 Å². The van der Waals surface area contributed by atoms with E-state index in [1.807, 2.05) is 12.5 Å². The molecule has 1 heterocycles. The fourth-order valence-corrected chi connectivity index (χ4v) is 1.61. The largest absolute Gasteiger partial charge is 0.481 e. The highest BCUT2D eigenvalue weighted by atomic mass is 16.4. The Morgan fingerprint density at radius 2 is 2.33 bits per heavy atom. The van der Waals surface area contributed by atoms with E-state index in [0.29, 0.717) is 5.92 Å². The van der Waals surface area contributed by atoms with Gasteiger partial charge in [-0.3, -0.25) is 4.79 Å². The standard InChI is InChI=1S/C11H18N2O2/c1-10(4-2-3-5-11(14)15)8-13-7-6-12-9-13/h6-7,9-10H,2-5,8H2,1H3,(H,14,15)/t10-/m1/s1. The molecule has 0 aliphatic rings. The number of nitrogens with zero attached hydrogens (tertiary/aromatic N) is 2. The van der Waals surface area contributed by atoms with Crippen LogP contribution < -0.4 is 0 Å². The Labute approximate surface area is 89.9 Å². The Morgan fingerprint density at radius 1 is 1.53 bits per heavy atom. The van der Waals surface area contributed by atoms with Crippen LogP contribution in [-0.4, -0.2) is 20.6 Å². The van der Waals surface area contributed by atoms with E-state index >= 15 is 0 Å². The van der Waals surface area contributed by atoms with Crippen molar-refractivity contribution < 1.29 is 9.90 Å². The zero-order chi connectivity index (χ0) is 11.1. The maximum absolute atomic E-state index is 10.3. The lowest BCUT2D eigenvalue weighted by molar-refractivity contribution is -0.137. The molecule has 84 valence electrons. The summed E-state index contributed by atoms with van der Waals surface area (Å²) in [4.78, 5) is 14.3. The lowest BCUT2D eigenvalue weighted by Gasteiger charge is -2.11. The van der Waals surface area contributed by atoms with Crippen molar-refractivity contribution in [3.05, 3.63) is 18.7 Å². The molecule has 0 aliphatic heterocycles. The maximum atomic E-state index is 10.3. The predicted octanol–water partition coefficient (Wildman–Crippen LogP) is 2.16. The number of imidazole rings is 1. The van der Waals surface area contributed by atoms with Gasteiger partial charge in [0.05, 0.1) is 6.33 Å². The van der Waals surface area contributed by atoms with Crippen LogP contribution in [0.1, 0.15) is 32.6 Å². The first-order chi connectivity index (χ1) is 7.18. The second-order valence-electron chi connectivity index (χ2n) is 4.00. The number of carboxylic acid groups (broad SMARTS) is 1. The van der Waals surface area contributed by atoms with E-state index in [-0.39, 0.29) is 6.42 Å². The van der Waals surface area contributed by atoms with Crippen molar-refractivity contribution in [3.8, 4) is 0 Å². The van der Waals surface area contributed by atoms with Crippen molar-refractivity contribution in [1.29, 1.82) is 0 Å². The molecule has 1 aromatic heterocycles. The summed E-state index contributed by atoms with van der Waals surface area (Å²) < 4.78 is 2.06. The first kappa shape index (κ1) is 11.8. The molecule has 4 heteroatoms. The number of hydrogen-bond acceptors (Lipinski definition) is 2. The highest BCUT2D eigenvalue weighted by molar-refractivity contribution is 5.66. The maximum Gasteiger partial charge on any atom is 0.303 e. The molecule has 0 bridgehead atoms. The fourth-order valence-electron chi connectivity index (χ4n) is 1.61. The van der Waals surface area contributed by atoms with E-state index in [9.17, 15) is 4.79 Å². The molecule has 1 rings (SSSR count). The molecule has 1 aromatic rings. The van der Waals surface area contributed by atoms with Gasteiger partial charge in [0.1, 0.15) is 0 Å². The van der Waals surface area contributed by atoms with Gasteiger partial charge in [-0.05, 0) is 18.8 Å². The van der Waals surface area contributed by atoms with Gasteiger partial charge in [-0.1, -0.05) is 13.3 Å². The van der Waals surface area contributed by atoms with Gasteiger partial charge in [0.15, 0.2) is 0 Å². The lowest BCUT2D eigenvalue weighted by Crippen LogP contribution is -2.06. The molecule has 1 N–H and O–H groups in total. The normalized spacial score (nSPS) is 12.6. The van der Waals surface area contributed by atoms with E-state index in [1.54, 1.807) is 6.20 Å². The second kappa shape index (κ2) is 6.22. The Kier molecular flexibility index (Phi) is 4.87. The molecule has 0 saturated carbocycles. The van der Waals surface area contributed by atoms with Crippen LogP contribution in [0.4, 0.5) is 0 Å². The van der Waals surface area contributed by atoms with E-state index in [0.717, 1.165) is 25.8 Å². The van der Waals surface area contributed by atoms with E-state index in [1.165, 1.54) is 0 Å². The van der Waals surface area contributed by atoms with Crippen LogP contribution in [-0.2, 0) is 11.3 Å². The second-order valence-corrected chi connectivity index (χ2v) is 4.00. The zero-order valence-electron chi connectivity index (χ0n) is 9.09. The minimum Gasteiger partial charge on any atom is -0.481 e. The Hall–Kier alpha value is -1.32.